The van der Waals surface area contributed by atoms with Crippen molar-refractivity contribution in [1.82, 2.24) is 9.97 Å². The summed E-state index contributed by atoms with van der Waals surface area (Å²) in [6, 6.07) is 19.7. The highest BCUT2D eigenvalue weighted by molar-refractivity contribution is 6.13. The van der Waals surface area contributed by atoms with Gasteiger partial charge in [0.25, 0.3) is 11.8 Å². The van der Waals surface area contributed by atoms with E-state index in [0.29, 0.717) is 22.7 Å². The minimum atomic E-state index is -0.573. The zero-order valence-corrected chi connectivity index (χ0v) is 15.9. The second-order valence-corrected chi connectivity index (χ2v) is 6.55. The van der Waals surface area contributed by atoms with E-state index >= 15 is 0 Å². The minimum Gasteiger partial charge on any atom is -0.484 e. The van der Waals surface area contributed by atoms with Gasteiger partial charge in [0, 0.05) is 35.1 Å². The molecule has 0 bridgehead atoms. The number of nitrogens with zero attached hydrogens (tertiary/aromatic N) is 2. The Bertz CT molecular complexity index is 1230. The lowest BCUT2D eigenvalue weighted by Crippen LogP contribution is -2.20. The standard InChI is InChI=1S/C23H18N4O3/c24-22(28)14-30-17-5-3-4-16(12-17)26-23(29)19-13-21(15-8-10-25-11-9-15)27-20-7-2-1-6-18(19)20/h1-13H,14H2,(H2,24,28)(H,26,29). The normalized spacial score (nSPS) is 10.5. The van der Waals surface area contributed by atoms with Crippen LogP contribution in [0.2, 0.25) is 0 Å². The van der Waals surface area contributed by atoms with Gasteiger partial charge in [-0.2, -0.15) is 0 Å². The van der Waals surface area contributed by atoms with E-state index in [1.54, 1.807) is 42.7 Å². The van der Waals surface area contributed by atoms with Gasteiger partial charge in [0.15, 0.2) is 6.61 Å². The lowest BCUT2D eigenvalue weighted by Gasteiger charge is -2.11. The molecule has 4 aromatic rings. The summed E-state index contributed by atoms with van der Waals surface area (Å²) in [4.78, 5) is 32.7. The Morgan fingerprint density at radius 1 is 0.967 bits per heavy atom. The molecule has 2 aromatic carbocycles. The van der Waals surface area contributed by atoms with Gasteiger partial charge < -0.3 is 15.8 Å². The van der Waals surface area contributed by atoms with E-state index in [2.05, 4.69) is 15.3 Å². The molecule has 7 heteroatoms. The highest BCUT2D eigenvalue weighted by atomic mass is 16.5. The molecule has 148 valence electrons. The summed E-state index contributed by atoms with van der Waals surface area (Å²) in [5.41, 5.74) is 8.40. The number of aromatic nitrogens is 2. The summed E-state index contributed by atoms with van der Waals surface area (Å²) >= 11 is 0. The maximum Gasteiger partial charge on any atom is 0.256 e. The molecule has 0 aliphatic rings. The molecule has 30 heavy (non-hydrogen) atoms. The number of benzene rings is 2. The number of hydrogen-bond acceptors (Lipinski definition) is 5. The van der Waals surface area contributed by atoms with Gasteiger partial charge in [-0.3, -0.25) is 14.6 Å². The topological polar surface area (TPSA) is 107 Å². The Morgan fingerprint density at radius 2 is 1.77 bits per heavy atom. The van der Waals surface area contributed by atoms with Crippen LogP contribution in [0.3, 0.4) is 0 Å². The van der Waals surface area contributed by atoms with Crippen molar-refractivity contribution in [2.75, 3.05) is 11.9 Å². The van der Waals surface area contributed by atoms with Crippen LogP contribution in [-0.4, -0.2) is 28.4 Å². The Balaban J connectivity index is 1.68. The van der Waals surface area contributed by atoms with Gasteiger partial charge in [0.1, 0.15) is 5.75 Å². The number of carbonyl (C=O) groups is 2. The first-order valence-corrected chi connectivity index (χ1v) is 9.23. The fraction of sp³-hybridized carbons (Fsp3) is 0.0435. The van der Waals surface area contributed by atoms with Crippen LogP contribution in [0.15, 0.2) is 79.1 Å². The molecule has 2 amide bonds. The van der Waals surface area contributed by atoms with Crippen molar-refractivity contribution in [2.45, 2.75) is 0 Å². The Morgan fingerprint density at radius 3 is 2.57 bits per heavy atom. The molecular formula is C23H18N4O3. The highest BCUT2D eigenvalue weighted by Gasteiger charge is 2.14. The van der Waals surface area contributed by atoms with Crippen molar-refractivity contribution >= 4 is 28.4 Å². The Kier molecular flexibility index (Phi) is 5.34. The van der Waals surface area contributed by atoms with Crippen LogP contribution >= 0.6 is 0 Å². The van der Waals surface area contributed by atoms with Crippen molar-refractivity contribution in [2.24, 2.45) is 5.73 Å². The molecule has 0 spiro atoms. The maximum atomic E-state index is 13.1. The number of carbonyl (C=O) groups excluding carboxylic acids is 2. The van der Waals surface area contributed by atoms with Crippen molar-refractivity contribution < 1.29 is 14.3 Å². The fourth-order valence-electron chi connectivity index (χ4n) is 3.05. The first-order chi connectivity index (χ1) is 14.6. The van der Waals surface area contributed by atoms with Gasteiger partial charge >= 0.3 is 0 Å². The summed E-state index contributed by atoms with van der Waals surface area (Å²) in [5, 5.41) is 3.63. The number of primary amides is 1. The Labute approximate surface area is 172 Å². The van der Waals surface area contributed by atoms with Gasteiger partial charge in [-0.05, 0) is 36.4 Å². The molecule has 0 atom stereocenters. The van der Waals surface area contributed by atoms with E-state index in [1.165, 1.54) is 0 Å². The molecule has 7 nitrogen and oxygen atoms in total. The van der Waals surface area contributed by atoms with Crippen molar-refractivity contribution in [3.8, 4) is 17.0 Å². The summed E-state index contributed by atoms with van der Waals surface area (Å²) in [6.45, 7) is -0.234. The molecule has 0 aliphatic carbocycles. The average Bonchev–Trinajstić information content (AvgIpc) is 2.77. The maximum absolute atomic E-state index is 13.1. The quantitative estimate of drug-likeness (QED) is 0.518. The van der Waals surface area contributed by atoms with Crippen LogP contribution in [0.5, 0.6) is 5.75 Å². The summed E-state index contributed by atoms with van der Waals surface area (Å²) in [6.07, 6.45) is 3.37. The van der Waals surface area contributed by atoms with Crippen LogP contribution in [0.1, 0.15) is 10.4 Å². The number of fused-ring (bicyclic) bond motifs is 1. The molecule has 3 N–H and O–H groups in total. The molecule has 2 heterocycles. The smallest absolute Gasteiger partial charge is 0.256 e. The second-order valence-electron chi connectivity index (χ2n) is 6.55. The number of hydrogen-bond donors (Lipinski definition) is 2. The van der Waals surface area contributed by atoms with E-state index < -0.39 is 5.91 Å². The van der Waals surface area contributed by atoms with E-state index in [9.17, 15) is 9.59 Å². The number of rotatable bonds is 6. The molecule has 0 saturated carbocycles. The molecule has 4 rings (SSSR count). The predicted octanol–water partition coefficient (Wildman–Crippen LogP) is 3.41. The third-order valence-corrected chi connectivity index (χ3v) is 4.41. The van der Waals surface area contributed by atoms with E-state index in [0.717, 1.165) is 16.5 Å². The summed E-state index contributed by atoms with van der Waals surface area (Å²) in [7, 11) is 0. The number of para-hydroxylation sites is 1. The molecule has 0 radical (unpaired) electrons. The van der Waals surface area contributed by atoms with Crippen LogP contribution in [-0.2, 0) is 4.79 Å². The van der Waals surface area contributed by atoms with Gasteiger partial charge in [-0.25, -0.2) is 4.98 Å². The molecule has 0 unspecified atom stereocenters. The molecular weight excluding hydrogens is 380 g/mol. The number of nitrogens with one attached hydrogen (secondary N) is 1. The number of ether oxygens (including phenoxy) is 1. The highest BCUT2D eigenvalue weighted by Crippen LogP contribution is 2.26. The van der Waals surface area contributed by atoms with E-state index in [4.69, 9.17) is 10.5 Å². The largest absolute Gasteiger partial charge is 0.484 e. The summed E-state index contributed by atoms with van der Waals surface area (Å²) in [5.74, 6) is -0.420. The van der Waals surface area contributed by atoms with Crippen LogP contribution in [0, 0.1) is 0 Å². The summed E-state index contributed by atoms with van der Waals surface area (Å²) < 4.78 is 5.30. The molecule has 0 fully saturated rings. The zero-order chi connectivity index (χ0) is 20.9. The molecule has 0 aliphatic heterocycles. The van der Waals surface area contributed by atoms with Crippen molar-refractivity contribution in [1.29, 1.82) is 0 Å². The predicted molar refractivity (Wildman–Crippen MR) is 114 cm³/mol. The second kappa shape index (κ2) is 8.40. The molecule has 2 aromatic heterocycles. The number of nitrogens with two attached hydrogens (primary N) is 1. The average molecular weight is 398 g/mol. The molecule has 0 saturated heterocycles. The minimum absolute atomic E-state index is 0.234. The van der Waals surface area contributed by atoms with Crippen LogP contribution < -0.4 is 15.8 Å². The van der Waals surface area contributed by atoms with Crippen molar-refractivity contribution in [3.63, 3.8) is 0 Å². The van der Waals surface area contributed by atoms with E-state index in [-0.39, 0.29) is 12.5 Å². The first kappa shape index (κ1) is 19.1. The monoisotopic (exact) mass is 398 g/mol. The SMILES string of the molecule is NC(=O)COc1cccc(NC(=O)c2cc(-c3ccncc3)nc3ccccc23)c1. The van der Waals surface area contributed by atoms with Crippen LogP contribution in [0.25, 0.3) is 22.2 Å². The fourth-order valence-corrected chi connectivity index (χ4v) is 3.05. The van der Waals surface area contributed by atoms with Gasteiger partial charge in [-0.1, -0.05) is 24.3 Å². The van der Waals surface area contributed by atoms with Gasteiger partial charge in [0.05, 0.1) is 16.8 Å². The Hall–Kier alpha value is -4.26. The lowest BCUT2D eigenvalue weighted by atomic mass is 10.0. The van der Waals surface area contributed by atoms with E-state index in [1.807, 2.05) is 36.4 Å². The third-order valence-electron chi connectivity index (χ3n) is 4.41. The lowest BCUT2D eigenvalue weighted by molar-refractivity contribution is -0.119. The zero-order valence-electron chi connectivity index (χ0n) is 15.9. The number of pyridine rings is 2. The number of amides is 2. The third kappa shape index (κ3) is 4.25. The van der Waals surface area contributed by atoms with Gasteiger partial charge in [-0.15, -0.1) is 0 Å². The van der Waals surface area contributed by atoms with Crippen LogP contribution in [0.4, 0.5) is 5.69 Å². The number of anilines is 1. The van der Waals surface area contributed by atoms with Crippen molar-refractivity contribution in [3.05, 3.63) is 84.7 Å². The van der Waals surface area contributed by atoms with Gasteiger partial charge in [0.2, 0.25) is 0 Å². The first-order valence-electron chi connectivity index (χ1n) is 9.23.